The van der Waals surface area contributed by atoms with Crippen LogP contribution in [0.4, 0.5) is 0 Å². The summed E-state index contributed by atoms with van der Waals surface area (Å²) in [5.41, 5.74) is 6.01. The molecule has 1 aromatic rings. The predicted octanol–water partition coefficient (Wildman–Crippen LogP) is 3.80. The van der Waals surface area contributed by atoms with E-state index in [9.17, 15) is 0 Å². The average Bonchev–Trinajstić information content (AvgIpc) is 2.89. The van der Waals surface area contributed by atoms with Gasteiger partial charge in [0.05, 0.1) is 6.04 Å². The molecule has 19 heavy (non-hydrogen) atoms. The zero-order valence-electron chi connectivity index (χ0n) is 12.4. The van der Waals surface area contributed by atoms with Crippen LogP contribution >= 0.6 is 0 Å². The summed E-state index contributed by atoms with van der Waals surface area (Å²) in [5.74, 6) is 3.62. The Morgan fingerprint density at radius 2 is 1.95 bits per heavy atom. The van der Waals surface area contributed by atoms with E-state index < -0.39 is 0 Å². The fraction of sp³-hybridized carbons (Fsp3) is 0.867. The summed E-state index contributed by atoms with van der Waals surface area (Å²) < 4.78 is 5.32. The third kappa shape index (κ3) is 3.56. The third-order valence-corrected chi connectivity index (χ3v) is 4.45. The molecule has 108 valence electrons. The van der Waals surface area contributed by atoms with Crippen molar-refractivity contribution in [2.24, 2.45) is 17.6 Å². The van der Waals surface area contributed by atoms with Gasteiger partial charge >= 0.3 is 0 Å². The summed E-state index contributed by atoms with van der Waals surface area (Å²) in [5, 5.41) is 4.15. The second-order valence-corrected chi connectivity index (χ2v) is 6.24. The highest BCUT2D eigenvalue weighted by molar-refractivity contribution is 5.00. The predicted molar refractivity (Wildman–Crippen MR) is 75.7 cm³/mol. The van der Waals surface area contributed by atoms with Gasteiger partial charge in [0.2, 0.25) is 5.89 Å². The van der Waals surface area contributed by atoms with Crippen LogP contribution < -0.4 is 5.73 Å². The van der Waals surface area contributed by atoms with Gasteiger partial charge < -0.3 is 10.3 Å². The van der Waals surface area contributed by atoms with E-state index in [2.05, 4.69) is 30.9 Å². The second-order valence-electron chi connectivity index (χ2n) is 6.24. The molecule has 4 heteroatoms. The molecule has 0 aromatic carbocycles. The van der Waals surface area contributed by atoms with Crippen molar-refractivity contribution in [3.8, 4) is 0 Å². The molecule has 0 bridgehead atoms. The summed E-state index contributed by atoms with van der Waals surface area (Å²) >= 11 is 0. The van der Waals surface area contributed by atoms with Gasteiger partial charge in [-0.2, -0.15) is 4.98 Å². The zero-order valence-corrected chi connectivity index (χ0v) is 12.4. The number of hydrogen-bond donors (Lipinski definition) is 1. The van der Waals surface area contributed by atoms with E-state index in [-0.39, 0.29) is 6.04 Å². The summed E-state index contributed by atoms with van der Waals surface area (Å²) in [6, 6.07) is -0.0988. The van der Waals surface area contributed by atoms with Crippen LogP contribution in [-0.2, 0) is 0 Å². The summed E-state index contributed by atoms with van der Waals surface area (Å²) in [6.45, 7) is 6.76. The lowest BCUT2D eigenvalue weighted by Crippen LogP contribution is -2.18. The summed E-state index contributed by atoms with van der Waals surface area (Å²) in [6.07, 6.45) is 6.89. The van der Waals surface area contributed by atoms with E-state index >= 15 is 0 Å². The minimum absolute atomic E-state index is 0.0988. The van der Waals surface area contributed by atoms with Gasteiger partial charge in [0.25, 0.3) is 0 Å². The van der Waals surface area contributed by atoms with Crippen molar-refractivity contribution >= 4 is 0 Å². The number of hydrogen-bond acceptors (Lipinski definition) is 4. The molecule has 1 heterocycles. The summed E-state index contributed by atoms with van der Waals surface area (Å²) in [4.78, 5) is 4.52. The summed E-state index contributed by atoms with van der Waals surface area (Å²) in [7, 11) is 0. The van der Waals surface area contributed by atoms with Crippen LogP contribution in [0, 0.1) is 11.8 Å². The van der Waals surface area contributed by atoms with Crippen molar-refractivity contribution in [1.82, 2.24) is 10.1 Å². The highest BCUT2D eigenvalue weighted by Gasteiger charge is 2.27. The number of rotatable bonds is 5. The molecule has 0 unspecified atom stereocenters. The van der Waals surface area contributed by atoms with Crippen molar-refractivity contribution in [1.29, 1.82) is 0 Å². The van der Waals surface area contributed by atoms with Crippen LogP contribution in [0.1, 0.15) is 83.0 Å². The first-order valence-corrected chi connectivity index (χ1v) is 7.70. The molecule has 1 saturated carbocycles. The van der Waals surface area contributed by atoms with E-state index in [1.807, 2.05) is 0 Å². The lowest BCUT2D eigenvalue weighted by molar-refractivity contribution is 0.251. The van der Waals surface area contributed by atoms with Gasteiger partial charge in [-0.25, -0.2) is 0 Å². The molecule has 1 atom stereocenters. The number of aromatic nitrogens is 2. The van der Waals surface area contributed by atoms with Crippen molar-refractivity contribution in [3.05, 3.63) is 11.7 Å². The van der Waals surface area contributed by atoms with Gasteiger partial charge in [0.15, 0.2) is 5.82 Å². The molecule has 0 amide bonds. The molecule has 0 spiro atoms. The number of nitrogens with zero attached hydrogens (tertiary/aromatic N) is 2. The Bertz CT molecular complexity index is 380. The standard InChI is InChI=1S/C15H27N3O/c1-4-5-13(16)15-17-14(18-19-15)12-8-6-11(7-9-12)10(2)3/h10-13H,4-9,16H2,1-3H3/t11?,12?,13-/m0/s1. The molecule has 1 fully saturated rings. The van der Waals surface area contributed by atoms with Gasteiger partial charge in [-0.3, -0.25) is 0 Å². The minimum atomic E-state index is -0.0988. The molecule has 1 aliphatic rings. The van der Waals surface area contributed by atoms with E-state index in [1.165, 1.54) is 25.7 Å². The van der Waals surface area contributed by atoms with Crippen LogP contribution in [0.15, 0.2) is 4.52 Å². The molecular formula is C15H27N3O. The van der Waals surface area contributed by atoms with E-state index in [0.29, 0.717) is 11.8 Å². The lowest BCUT2D eigenvalue weighted by Gasteiger charge is -2.29. The SMILES string of the molecule is CCC[C@H](N)c1nc(C2CCC(C(C)C)CC2)no1. The largest absolute Gasteiger partial charge is 0.338 e. The van der Waals surface area contributed by atoms with Gasteiger partial charge in [-0.05, 0) is 43.9 Å². The van der Waals surface area contributed by atoms with Gasteiger partial charge in [-0.1, -0.05) is 32.3 Å². The third-order valence-electron chi connectivity index (χ3n) is 4.45. The maximum Gasteiger partial charge on any atom is 0.243 e. The Balaban J connectivity index is 1.93. The van der Waals surface area contributed by atoms with Crippen LogP contribution in [0.3, 0.4) is 0 Å². The quantitative estimate of drug-likeness (QED) is 0.879. The lowest BCUT2D eigenvalue weighted by atomic mass is 9.77. The van der Waals surface area contributed by atoms with Crippen molar-refractivity contribution < 1.29 is 4.52 Å². The van der Waals surface area contributed by atoms with Crippen LogP contribution in [0.2, 0.25) is 0 Å². The molecule has 2 rings (SSSR count). The molecule has 1 aromatic heterocycles. The van der Waals surface area contributed by atoms with Crippen LogP contribution in [-0.4, -0.2) is 10.1 Å². The molecule has 4 nitrogen and oxygen atoms in total. The van der Waals surface area contributed by atoms with E-state index in [4.69, 9.17) is 10.3 Å². The van der Waals surface area contributed by atoms with Crippen molar-refractivity contribution in [2.75, 3.05) is 0 Å². The van der Waals surface area contributed by atoms with Crippen LogP contribution in [0.5, 0.6) is 0 Å². The molecule has 0 saturated heterocycles. The Morgan fingerprint density at radius 3 is 2.53 bits per heavy atom. The van der Waals surface area contributed by atoms with Gasteiger partial charge in [0.1, 0.15) is 0 Å². The topological polar surface area (TPSA) is 64.9 Å². The van der Waals surface area contributed by atoms with Crippen molar-refractivity contribution in [3.63, 3.8) is 0 Å². The van der Waals surface area contributed by atoms with Crippen LogP contribution in [0.25, 0.3) is 0 Å². The Labute approximate surface area is 116 Å². The molecular weight excluding hydrogens is 238 g/mol. The first-order valence-electron chi connectivity index (χ1n) is 7.70. The molecule has 1 aliphatic carbocycles. The average molecular weight is 265 g/mol. The fourth-order valence-electron chi connectivity index (χ4n) is 3.04. The highest BCUT2D eigenvalue weighted by atomic mass is 16.5. The van der Waals surface area contributed by atoms with Gasteiger partial charge in [0, 0.05) is 5.92 Å². The first kappa shape index (κ1) is 14.5. The monoisotopic (exact) mass is 265 g/mol. The van der Waals surface area contributed by atoms with Crippen molar-refractivity contribution in [2.45, 2.75) is 71.3 Å². The maximum absolute atomic E-state index is 6.01. The smallest absolute Gasteiger partial charge is 0.243 e. The zero-order chi connectivity index (χ0) is 13.8. The first-order chi connectivity index (χ1) is 9.11. The Kier molecular flexibility index (Phi) is 4.97. The number of nitrogens with two attached hydrogens (primary N) is 1. The Morgan fingerprint density at radius 1 is 1.26 bits per heavy atom. The van der Waals surface area contributed by atoms with E-state index in [1.54, 1.807) is 0 Å². The molecule has 0 radical (unpaired) electrons. The molecule has 2 N–H and O–H groups in total. The maximum atomic E-state index is 6.01. The Hall–Kier alpha value is -0.900. The normalized spacial score (nSPS) is 25.7. The second kappa shape index (κ2) is 6.51. The molecule has 0 aliphatic heterocycles. The fourth-order valence-corrected chi connectivity index (χ4v) is 3.04. The van der Waals surface area contributed by atoms with E-state index in [0.717, 1.165) is 30.5 Å². The highest BCUT2D eigenvalue weighted by Crippen LogP contribution is 2.37. The van der Waals surface area contributed by atoms with Gasteiger partial charge in [-0.15, -0.1) is 0 Å². The minimum Gasteiger partial charge on any atom is -0.338 e.